The van der Waals surface area contributed by atoms with Gasteiger partial charge in [0.05, 0.1) is 11.8 Å². The molecule has 0 unspecified atom stereocenters. The first-order valence-corrected chi connectivity index (χ1v) is 5.67. The second kappa shape index (κ2) is 5.34. The van der Waals surface area contributed by atoms with Crippen LogP contribution in [0.4, 0.5) is 5.82 Å². The Morgan fingerprint density at radius 1 is 1.42 bits per heavy atom. The van der Waals surface area contributed by atoms with Crippen LogP contribution in [0.15, 0.2) is 24.7 Å². The zero-order valence-electron chi connectivity index (χ0n) is 10.3. The third-order valence-electron chi connectivity index (χ3n) is 2.40. The van der Waals surface area contributed by atoms with Gasteiger partial charge in [-0.05, 0) is 6.92 Å². The number of carbonyl (C=O) groups is 2. The smallest absolute Gasteiger partial charge is 0.325 e. The number of hydrogen-bond acceptors (Lipinski definition) is 4. The number of aromatic nitrogens is 4. The van der Waals surface area contributed by atoms with E-state index in [2.05, 4.69) is 15.5 Å². The number of aryl methyl sites for hydroxylation is 1. The van der Waals surface area contributed by atoms with E-state index in [9.17, 15) is 9.59 Å². The van der Waals surface area contributed by atoms with Gasteiger partial charge in [-0.1, -0.05) is 0 Å². The molecule has 19 heavy (non-hydrogen) atoms. The van der Waals surface area contributed by atoms with Crippen LogP contribution in [0.25, 0.3) is 0 Å². The Balaban J connectivity index is 2.02. The van der Waals surface area contributed by atoms with Gasteiger partial charge in [0.15, 0.2) is 5.82 Å². The van der Waals surface area contributed by atoms with E-state index >= 15 is 0 Å². The third-order valence-corrected chi connectivity index (χ3v) is 2.40. The van der Waals surface area contributed by atoms with Crippen molar-refractivity contribution in [2.24, 2.45) is 0 Å². The van der Waals surface area contributed by atoms with Gasteiger partial charge in [0.2, 0.25) is 0 Å². The molecule has 2 heterocycles. The second-order valence-electron chi connectivity index (χ2n) is 3.83. The summed E-state index contributed by atoms with van der Waals surface area (Å²) in [6, 6.07) is 1.53. The van der Waals surface area contributed by atoms with E-state index < -0.39 is 5.97 Å². The number of rotatable bonds is 5. The van der Waals surface area contributed by atoms with Gasteiger partial charge < -0.3 is 10.4 Å². The van der Waals surface area contributed by atoms with Crippen LogP contribution < -0.4 is 5.32 Å². The van der Waals surface area contributed by atoms with E-state index in [0.29, 0.717) is 17.9 Å². The Hall–Kier alpha value is -2.64. The first kappa shape index (κ1) is 12.8. The maximum absolute atomic E-state index is 11.8. The van der Waals surface area contributed by atoms with Crippen molar-refractivity contribution in [2.45, 2.75) is 20.0 Å². The predicted octanol–water partition coefficient (Wildman–Crippen LogP) is 0.436. The Morgan fingerprint density at radius 2 is 2.21 bits per heavy atom. The Bertz CT molecular complexity index is 601. The second-order valence-corrected chi connectivity index (χ2v) is 3.83. The molecule has 1 amide bonds. The fraction of sp³-hybridized carbons (Fsp3) is 0.273. The zero-order valence-corrected chi connectivity index (χ0v) is 10.3. The molecule has 0 spiro atoms. The lowest BCUT2D eigenvalue weighted by Gasteiger charge is -1.99. The SMILES string of the molecule is CCn1cc(C(=O)Nc2ccn(CC(=O)O)n2)cn1. The summed E-state index contributed by atoms with van der Waals surface area (Å²) in [6.45, 7) is 2.35. The van der Waals surface area contributed by atoms with E-state index in [-0.39, 0.29) is 12.5 Å². The molecule has 0 aliphatic carbocycles. The van der Waals surface area contributed by atoms with E-state index in [1.54, 1.807) is 10.9 Å². The van der Waals surface area contributed by atoms with Gasteiger partial charge in [-0.3, -0.25) is 19.0 Å². The molecule has 0 aliphatic heterocycles. The van der Waals surface area contributed by atoms with E-state index in [0.717, 1.165) is 0 Å². The average Bonchev–Trinajstić information content (AvgIpc) is 2.97. The van der Waals surface area contributed by atoms with Gasteiger partial charge in [-0.15, -0.1) is 0 Å². The normalized spacial score (nSPS) is 10.4. The molecule has 0 fully saturated rings. The largest absolute Gasteiger partial charge is 0.480 e. The summed E-state index contributed by atoms with van der Waals surface area (Å²) in [5, 5.41) is 19.1. The Kier molecular flexibility index (Phi) is 3.60. The zero-order chi connectivity index (χ0) is 13.8. The molecule has 0 aliphatic rings. The number of aliphatic carboxylic acids is 1. The van der Waals surface area contributed by atoms with Crippen molar-refractivity contribution in [1.29, 1.82) is 0 Å². The van der Waals surface area contributed by atoms with Crippen LogP contribution in [-0.4, -0.2) is 36.5 Å². The fourth-order valence-corrected chi connectivity index (χ4v) is 1.50. The number of amides is 1. The first-order chi connectivity index (χ1) is 9.08. The maximum atomic E-state index is 11.8. The van der Waals surface area contributed by atoms with Crippen LogP contribution in [0, 0.1) is 0 Å². The summed E-state index contributed by atoms with van der Waals surface area (Å²) < 4.78 is 2.87. The number of carboxylic acids is 1. The summed E-state index contributed by atoms with van der Waals surface area (Å²) in [4.78, 5) is 22.3. The van der Waals surface area contributed by atoms with Gasteiger partial charge in [-0.25, -0.2) is 0 Å². The lowest BCUT2D eigenvalue weighted by atomic mass is 10.3. The third kappa shape index (κ3) is 3.18. The minimum atomic E-state index is -0.995. The number of nitrogens with zero attached hydrogens (tertiary/aromatic N) is 4. The fourth-order valence-electron chi connectivity index (χ4n) is 1.50. The van der Waals surface area contributed by atoms with Crippen molar-refractivity contribution in [3.8, 4) is 0 Å². The number of anilines is 1. The molecule has 8 heteroatoms. The van der Waals surface area contributed by atoms with Crippen molar-refractivity contribution in [1.82, 2.24) is 19.6 Å². The number of hydrogen-bond donors (Lipinski definition) is 2. The molecular formula is C11H13N5O3. The molecular weight excluding hydrogens is 250 g/mol. The summed E-state index contributed by atoms with van der Waals surface area (Å²) in [7, 11) is 0. The van der Waals surface area contributed by atoms with E-state index in [4.69, 9.17) is 5.11 Å². The van der Waals surface area contributed by atoms with Crippen LogP contribution in [-0.2, 0) is 17.9 Å². The highest BCUT2D eigenvalue weighted by atomic mass is 16.4. The predicted molar refractivity (Wildman–Crippen MR) is 65.7 cm³/mol. The monoisotopic (exact) mass is 263 g/mol. The van der Waals surface area contributed by atoms with E-state index in [1.807, 2.05) is 6.92 Å². The molecule has 0 atom stereocenters. The van der Waals surface area contributed by atoms with Crippen LogP contribution >= 0.6 is 0 Å². The van der Waals surface area contributed by atoms with Crippen molar-refractivity contribution < 1.29 is 14.7 Å². The summed E-state index contributed by atoms with van der Waals surface area (Å²) in [6.07, 6.45) is 4.58. The van der Waals surface area contributed by atoms with Gasteiger partial charge in [-0.2, -0.15) is 10.2 Å². The van der Waals surface area contributed by atoms with Gasteiger partial charge in [0.1, 0.15) is 6.54 Å². The van der Waals surface area contributed by atoms with Crippen molar-refractivity contribution in [3.05, 3.63) is 30.2 Å². The van der Waals surface area contributed by atoms with E-state index in [1.165, 1.54) is 23.1 Å². The minimum Gasteiger partial charge on any atom is -0.480 e. The molecule has 0 aromatic carbocycles. The molecule has 0 saturated heterocycles. The van der Waals surface area contributed by atoms with Crippen LogP contribution in [0.3, 0.4) is 0 Å². The summed E-state index contributed by atoms with van der Waals surface area (Å²) in [5.74, 6) is -1.03. The van der Waals surface area contributed by atoms with Crippen LogP contribution in [0.2, 0.25) is 0 Å². The highest BCUT2D eigenvalue weighted by molar-refractivity contribution is 6.03. The van der Waals surface area contributed by atoms with Crippen molar-refractivity contribution >= 4 is 17.7 Å². The topological polar surface area (TPSA) is 102 Å². The number of carbonyl (C=O) groups excluding carboxylic acids is 1. The maximum Gasteiger partial charge on any atom is 0.325 e. The van der Waals surface area contributed by atoms with Gasteiger partial charge in [0, 0.05) is 25.0 Å². The minimum absolute atomic E-state index is 0.246. The molecule has 2 rings (SSSR count). The lowest BCUT2D eigenvalue weighted by Crippen LogP contribution is -2.13. The molecule has 0 saturated carbocycles. The molecule has 2 aromatic heterocycles. The summed E-state index contributed by atoms with van der Waals surface area (Å²) >= 11 is 0. The molecule has 2 N–H and O–H groups in total. The lowest BCUT2D eigenvalue weighted by molar-refractivity contribution is -0.137. The number of carboxylic acid groups (broad SMARTS) is 1. The van der Waals surface area contributed by atoms with Gasteiger partial charge in [0.25, 0.3) is 5.91 Å². The van der Waals surface area contributed by atoms with Crippen LogP contribution in [0.1, 0.15) is 17.3 Å². The molecule has 0 bridgehead atoms. The first-order valence-electron chi connectivity index (χ1n) is 5.67. The standard InChI is InChI=1S/C11H13N5O3/c1-2-15-6-8(5-12-15)11(19)13-9-3-4-16(14-9)7-10(17)18/h3-6H,2,7H2,1H3,(H,17,18)(H,13,14,19). The molecule has 8 nitrogen and oxygen atoms in total. The Labute approximate surface area is 108 Å². The van der Waals surface area contributed by atoms with Crippen LogP contribution in [0.5, 0.6) is 0 Å². The molecule has 0 radical (unpaired) electrons. The number of nitrogens with one attached hydrogen (secondary N) is 1. The summed E-state index contributed by atoms with van der Waals surface area (Å²) in [5.41, 5.74) is 0.426. The molecule has 100 valence electrons. The highest BCUT2D eigenvalue weighted by Gasteiger charge is 2.10. The van der Waals surface area contributed by atoms with Crippen molar-refractivity contribution in [3.63, 3.8) is 0 Å². The van der Waals surface area contributed by atoms with Gasteiger partial charge >= 0.3 is 5.97 Å². The quantitative estimate of drug-likeness (QED) is 0.814. The Morgan fingerprint density at radius 3 is 2.84 bits per heavy atom. The average molecular weight is 263 g/mol. The molecule has 2 aromatic rings. The van der Waals surface area contributed by atoms with Crippen molar-refractivity contribution in [2.75, 3.05) is 5.32 Å². The highest BCUT2D eigenvalue weighted by Crippen LogP contribution is 2.06.